The molecule has 1 aromatic heterocycles. The first-order valence-electron chi connectivity index (χ1n) is 15.2. The molecule has 2 N–H and O–H groups in total. The molecule has 1 saturated carbocycles. The van der Waals surface area contributed by atoms with Crippen LogP contribution < -0.4 is 10.6 Å². The summed E-state index contributed by atoms with van der Waals surface area (Å²) in [4.78, 5) is 58.0. The predicted molar refractivity (Wildman–Crippen MR) is 176 cm³/mol. The maximum Gasteiger partial charge on any atom is 0.411 e. The molecule has 1 aliphatic carbocycles. The smallest absolute Gasteiger partial charge is 0.411 e. The van der Waals surface area contributed by atoms with Crippen LogP contribution in [0, 0.1) is 0 Å². The van der Waals surface area contributed by atoms with E-state index in [1.807, 2.05) is 11.8 Å². The molecule has 1 saturated heterocycles. The van der Waals surface area contributed by atoms with Gasteiger partial charge in [-0.05, 0) is 64.7 Å². The monoisotopic (exact) mass is 678 g/mol. The van der Waals surface area contributed by atoms with Crippen LogP contribution in [-0.4, -0.2) is 75.1 Å². The summed E-state index contributed by atoms with van der Waals surface area (Å²) in [6, 6.07) is 5.05. The van der Waals surface area contributed by atoms with Crippen molar-refractivity contribution in [3.05, 3.63) is 57.8 Å². The van der Waals surface area contributed by atoms with Crippen LogP contribution in [0.2, 0.25) is 10.0 Å². The van der Waals surface area contributed by atoms with Crippen LogP contribution in [0.3, 0.4) is 0 Å². The van der Waals surface area contributed by atoms with Gasteiger partial charge in [0, 0.05) is 41.5 Å². The number of likely N-dealkylation sites (tertiary alicyclic amines) is 1. The quantitative estimate of drug-likeness (QED) is 0.281. The summed E-state index contributed by atoms with van der Waals surface area (Å²) in [6.45, 7) is 7.61. The molecule has 244 valence electrons. The van der Waals surface area contributed by atoms with Gasteiger partial charge in [-0.3, -0.25) is 19.5 Å². The molecule has 10 nitrogen and oxygen atoms in total. The number of hydrogen-bond donors (Lipinski definition) is 2. The molecule has 2 heterocycles. The Morgan fingerprint density at radius 1 is 1.04 bits per heavy atom. The first-order chi connectivity index (χ1) is 21.3. The molecule has 1 aliphatic heterocycles. The van der Waals surface area contributed by atoms with E-state index in [2.05, 4.69) is 15.6 Å². The lowest BCUT2D eigenvalue weighted by Crippen LogP contribution is -2.52. The molecule has 0 unspecified atom stereocenters. The summed E-state index contributed by atoms with van der Waals surface area (Å²) in [5.41, 5.74) is 0.592. The number of halogens is 2. The third-order valence-electron chi connectivity index (χ3n) is 7.50. The van der Waals surface area contributed by atoms with Gasteiger partial charge >= 0.3 is 12.1 Å². The lowest BCUT2D eigenvalue weighted by Gasteiger charge is -2.29. The number of aromatic nitrogens is 1. The van der Waals surface area contributed by atoms with E-state index in [9.17, 15) is 19.2 Å². The third-order valence-corrected chi connectivity index (χ3v) is 9.66. The number of nitrogens with one attached hydrogen (secondary N) is 2. The van der Waals surface area contributed by atoms with Crippen molar-refractivity contribution in [3.63, 3.8) is 0 Å². The zero-order valence-corrected chi connectivity index (χ0v) is 28.3. The number of carbonyl (C=O) groups excluding carboxylic acids is 4. The lowest BCUT2D eigenvalue weighted by atomic mass is 10.0. The van der Waals surface area contributed by atoms with Gasteiger partial charge in [0.25, 0.3) is 5.91 Å². The normalized spacial score (nSPS) is 19.2. The fraction of sp³-hybridized carbons (Fsp3) is 0.531. The molecule has 2 fully saturated rings. The van der Waals surface area contributed by atoms with E-state index in [1.165, 1.54) is 30.1 Å². The number of anilines is 1. The first kappa shape index (κ1) is 34.8. The number of ether oxygens (including phenoxy) is 2. The largest absolute Gasteiger partial charge is 0.464 e. The van der Waals surface area contributed by atoms with Gasteiger partial charge in [0.1, 0.15) is 17.7 Å². The Labute approximate surface area is 278 Å². The first-order valence-corrected chi connectivity index (χ1v) is 16.9. The zero-order chi connectivity index (χ0) is 32.7. The molecule has 4 rings (SSSR count). The molecular weight excluding hydrogens is 639 g/mol. The maximum atomic E-state index is 13.7. The molecule has 0 radical (unpaired) electrons. The van der Waals surface area contributed by atoms with Gasteiger partial charge in [0.05, 0.1) is 22.2 Å². The Bertz CT molecular complexity index is 1360. The summed E-state index contributed by atoms with van der Waals surface area (Å²) in [5, 5.41) is 6.47. The van der Waals surface area contributed by atoms with Gasteiger partial charge < -0.3 is 20.1 Å². The second kappa shape index (κ2) is 15.5. The van der Waals surface area contributed by atoms with Crippen LogP contribution in [0.4, 0.5) is 10.5 Å². The van der Waals surface area contributed by atoms with Crippen LogP contribution in [-0.2, 0) is 25.5 Å². The van der Waals surface area contributed by atoms with E-state index in [0.29, 0.717) is 23.9 Å². The number of benzene rings is 1. The number of esters is 1. The third kappa shape index (κ3) is 9.73. The van der Waals surface area contributed by atoms with Crippen molar-refractivity contribution >= 4 is 64.5 Å². The van der Waals surface area contributed by atoms with Crippen molar-refractivity contribution in [1.29, 1.82) is 0 Å². The number of thioether (sulfide) groups is 1. The molecule has 0 bridgehead atoms. The fourth-order valence-corrected chi connectivity index (χ4v) is 7.68. The second-order valence-electron chi connectivity index (χ2n) is 12.2. The lowest BCUT2D eigenvalue weighted by molar-refractivity contribution is -0.147. The SMILES string of the molecule is CCOC(=O)[C@H](Cc1ccc(NC(=O)c2c(Cl)cncc2Cl)cc1)NC(=O)[C@@H]1C[C@@H](SC2CCCC2)CN1C(=O)OC(C)(C)C. The van der Waals surface area contributed by atoms with Crippen LogP contribution in [0.25, 0.3) is 0 Å². The minimum atomic E-state index is -0.991. The molecule has 45 heavy (non-hydrogen) atoms. The highest BCUT2D eigenvalue weighted by molar-refractivity contribution is 8.00. The van der Waals surface area contributed by atoms with Gasteiger partial charge in [0.2, 0.25) is 5.91 Å². The number of hydrogen-bond acceptors (Lipinski definition) is 8. The average Bonchev–Trinajstić information content (AvgIpc) is 3.63. The van der Waals surface area contributed by atoms with Gasteiger partial charge in [-0.25, -0.2) is 9.59 Å². The Morgan fingerprint density at radius 2 is 1.69 bits per heavy atom. The topological polar surface area (TPSA) is 127 Å². The molecule has 1 aromatic carbocycles. The Morgan fingerprint density at radius 3 is 2.29 bits per heavy atom. The van der Waals surface area contributed by atoms with Crippen molar-refractivity contribution in [3.8, 4) is 0 Å². The highest BCUT2D eigenvalue weighted by atomic mass is 35.5. The molecule has 2 aliphatic rings. The van der Waals surface area contributed by atoms with Gasteiger partial charge in [-0.2, -0.15) is 11.8 Å². The van der Waals surface area contributed by atoms with Crippen molar-refractivity contribution in [2.24, 2.45) is 0 Å². The standard InChI is InChI=1S/C32H40Cl2N4O6S/c1-5-43-30(41)25(14-19-10-12-20(13-11-19)36-29(40)27-23(33)16-35-17-24(27)34)37-28(39)26-15-22(45-21-8-6-7-9-21)18-38(26)31(42)44-32(2,3)4/h10-13,16-17,21-22,25-26H,5-9,14-15,18H2,1-4H3,(H,36,40)(H,37,39)/t22-,25+,26+/m1/s1. The minimum Gasteiger partial charge on any atom is -0.464 e. The van der Waals surface area contributed by atoms with E-state index in [-0.39, 0.29) is 33.9 Å². The van der Waals surface area contributed by atoms with Crippen molar-refractivity contribution in [2.45, 2.75) is 94.4 Å². The van der Waals surface area contributed by atoms with Crippen LogP contribution in [0.15, 0.2) is 36.7 Å². The molecular formula is C32H40Cl2N4O6S. The Hall–Kier alpha value is -3.02. The van der Waals surface area contributed by atoms with Crippen LogP contribution in [0.1, 0.15) is 75.7 Å². The average molecular weight is 680 g/mol. The maximum absolute atomic E-state index is 13.7. The Kier molecular flexibility index (Phi) is 12.0. The summed E-state index contributed by atoms with van der Waals surface area (Å²) in [5.74, 6) is -1.50. The number of pyridine rings is 1. The summed E-state index contributed by atoms with van der Waals surface area (Å²) in [7, 11) is 0. The molecule has 0 spiro atoms. The van der Waals surface area contributed by atoms with Gasteiger partial charge in [-0.1, -0.05) is 48.2 Å². The van der Waals surface area contributed by atoms with E-state index in [1.54, 1.807) is 52.0 Å². The van der Waals surface area contributed by atoms with E-state index in [0.717, 1.165) is 18.4 Å². The minimum absolute atomic E-state index is 0.0945. The molecule has 2 aromatic rings. The van der Waals surface area contributed by atoms with Crippen molar-refractivity contribution in [1.82, 2.24) is 15.2 Å². The summed E-state index contributed by atoms with van der Waals surface area (Å²) >= 11 is 14.1. The van der Waals surface area contributed by atoms with Crippen LogP contribution >= 0.6 is 35.0 Å². The van der Waals surface area contributed by atoms with E-state index in [4.69, 9.17) is 32.7 Å². The highest BCUT2D eigenvalue weighted by Gasteiger charge is 2.43. The van der Waals surface area contributed by atoms with Gasteiger partial charge in [-0.15, -0.1) is 0 Å². The van der Waals surface area contributed by atoms with E-state index >= 15 is 0 Å². The summed E-state index contributed by atoms with van der Waals surface area (Å²) in [6.07, 6.45) is 7.42. The zero-order valence-electron chi connectivity index (χ0n) is 25.9. The Balaban J connectivity index is 1.46. The van der Waals surface area contributed by atoms with Crippen molar-refractivity contribution in [2.75, 3.05) is 18.5 Å². The summed E-state index contributed by atoms with van der Waals surface area (Å²) < 4.78 is 10.9. The van der Waals surface area contributed by atoms with Crippen LogP contribution in [0.5, 0.6) is 0 Å². The number of amides is 3. The number of rotatable bonds is 10. The molecule has 3 amide bonds. The highest BCUT2D eigenvalue weighted by Crippen LogP contribution is 2.38. The predicted octanol–water partition coefficient (Wildman–Crippen LogP) is 6.28. The van der Waals surface area contributed by atoms with Gasteiger partial charge in [0.15, 0.2) is 0 Å². The second-order valence-corrected chi connectivity index (χ2v) is 14.6. The fourth-order valence-electron chi connectivity index (χ4n) is 5.45. The molecule has 3 atom stereocenters. The van der Waals surface area contributed by atoms with E-state index < -0.39 is 41.6 Å². The number of nitrogens with zero attached hydrogens (tertiary/aromatic N) is 2. The number of carbonyl (C=O) groups is 4. The van der Waals surface area contributed by atoms with Crippen molar-refractivity contribution < 1.29 is 28.7 Å². The molecule has 13 heteroatoms.